The Morgan fingerprint density at radius 1 is 1.18 bits per heavy atom. The Morgan fingerprint density at radius 2 is 1.94 bits per heavy atom. The molecule has 0 radical (unpaired) electrons. The van der Waals surface area contributed by atoms with Gasteiger partial charge in [0.25, 0.3) is 0 Å². The predicted octanol–water partition coefficient (Wildman–Crippen LogP) is 1.91. The summed E-state index contributed by atoms with van der Waals surface area (Å²) in [5.41, 5.74) is 3.31. The molecule has 4 nitrogen and oxygen atoms in total. The lowest BCUT2D eigenvalue weighted by molar-refractivity contribution is 1.26. The molecular formula is C13H10N4. The van der Waals surface area contributed by atoms with Crippen molar-refractivity contribution in [1.29, 1.82) is 5.26 Å². The zero-order valence-electron chi connectivity index (χ0n) is 9.04. The molecule has 0 bridgehead atoms. The molecule has 82 valence electrons. The van der Waals surface area contributed by atoms with Crippen LogP contribution in [0.15, 0.2) is 47.7 Å². The number of nitrogens with zero attached hydrogens (tertiary/aromatic N) is 3. The maximum Gasteiger partial charge on any atom is 0.101 e. The minimum Gasteiger partial charge on any atom is -0.323 e. The van der Waals surface area contributed by atoms with Gasteiger partial charge in [0.2, 0.25) is 0 Å². The van der Waals surface area contributed by atoms with Gasteiger partial charge in [0, 0.05) is 11.8 Å². The van der Waals surface area contributed by atoms with Crippen molar-refractivity contribution in [2.45, 2.75) is 0 Å². The predicted molar refractivity (Wildman–Crippen MR) is 66.2 cm³/mol. The first-order chi connectivity index (χ1) is 8.33. The van der Waals surface area contributed by atoms with E-state index in [2.05, 4.69) is 10.1 Å². The van der Waals surface area contributed by atoms with Crippen LogP contribution in [0.4, 0.5) is 0 Å². The largest absolute Gasteiger partial charge is 0.323 e. The smallest absolute Gasteiger partial charge is 0.101 e. The third kappa shape index (κ3) is 2.47. The van der Waals surface area contributed by atoms with Crippen LogP contribution in [-0.2, 0) is 0 Å². The van der Waals surface area contributed by atoms with Crippen molar-refractivity contribution in [3.63, 3.8) is 0 Å². The fraction of sp³-hybridized carbons (Fsp3) is 0. The first-order valence-corrected chi connectivity index (χ1v) is 5.03. The van der Waals surface area contributed by atoms with Crippen molar-refractivity contribution < 1.29 is 0 Å². The number of nitrogens with two attached hydrogens (primary N) is 1. The number of rotatable bonds is 2. The molecule has 0 aliphatic carbocycles. The molecule has 0 spiro atoms. The maximum absolute atomic E-state index is 8.68. The highest BCUT2D eigenvalue weighted by Gasteiger charge is 1.99. The lowest BCUT2D eigenvalue weighted by Crippen LogP contribution is -1.88. The summed E-state index contributed by atoms with van der Waals surface area (Å²) < 4.78 is 0. The van der Waals surface area contributed by atoms with Crippen LogP contribution >= 0.6 is 0 Å². The highest BCUT2D eigenvalue weighted by atomic mass is 15.1. The number of hydrazone groups is 1. The summed E-state index contributed by atoms with van der Waals surface area (Å²) in [6.45, 7) is 0. The van der Waals surface area contributed by atoms with Gasteiger partial charge in [0.05, 0.1) is 17.5 Å². The van der Waals surface area contributed by atoms with Gasteiger partial charge in [0.15, 0.2) is 0 Å². The molecule has 0 aliphatic rings. The summed E-state index contributed by atoms with van der Waals surface area (Å²) in [6, 6.07) is 13.3. The van der Waals surface area contributed by atoms with E-state index in [1.807, 2.05) is 36.4 Å². The van der Waals surface area contributed by atoms with Crippen LogP contribution in [0.3, 0.4) is 0 Å². The summed E-state index contributed by atoms with van der Waals surface area (Å²) in [7, 11) is 0. The number of hydrogen-bond acceptors (Lipinski definition) is 4. The zero-order chi connectivity index (χ0) is 12.1. The molecule has 0 saturated carbocycles. The average Bonchev–Trinajstić information content (AvgIpc) is 2.40. The van der Waals surface area contributed by atoms with Crippen molar-refractivity contribution in [2.24, 2.45) is 10.9 Å². The van der Waals surface area contributed by atoms with Crippen LogP contribution in [0, 0.1) is 11.3 Å². The Bertz CT molecular complexity index is 562. The van der Waals surface area contributed by atoms with Gasteiger partial charge < -0.3 is 5.84 Å². The van der Waals surface area contributed by atoms with Crippen LogP contribution in [0.5, 0.6) is 0 Å². The van der Waals surface area contributed by atoms with Gasteiger partial charge in [-0.05, 0) is 17.7 Å². The number of benzene rings is 1. The van der Waals surface area contributed by atoms with E-state index in [1.54, 1.807) is 18.5 Å². The molecule has 0 fully saturated rings. The van der Waals surface area contributed by atoms with Gasteiger partial charge in [-0.1, -0.05) is 24.3 Å². The summed E-state index contributed by atoms with van der Waals surface area (Å²) in [4.78, 5) is 4.21. The van der Waals surface area contributed by atoms with E-state index in [4.69, 9.17) is 11.1 Å². The van der Waals surface area contributed by atoms with E-state index in [-0.39, 0.29) is 0 Å². The van der Waals surface area contributed by atoms with Gasteiger partial charge in [-0.2, -0.15) is 10.4 Å². The van der Waals surface area contributed by atoms with Crippen molar-refractivity contribution in [3.05, 3.63) is 53.7 Å². The minimum absolute atomic E-state index is 0.556. The van der Waals surface area contributed by atoms with Gasteiger partial charge in [-0.3, -0.25) is 4.98 Å². The summed E-state index contributed by atoms with van der Waals surface area (Å²) in [5.74, 6) is 5.07. The zero-order valence-corrected chi connectivity index (χ0v) is 9.04. The molecule has 1 aromatic heterocycles. The maximum atomic E-state index is 8.68. The summed E-state index contributed by atoms with van der Waals surface area (Å²) in [6.07, 6.45) is 3.14. The molecule has 2 N–H and O–H groups in total. The first-order valence-electron chi connectivity index (χ1n) is 5.03. The van der Waals surface area contributed by atoms with E-state index in [0.717, 1.165) is 16.8 Å². The molecule has 0 saturated heterocycles. The van der Waals surface area contributed by atoms with Crippen LogP contribution in [0.25, 0.3) is 11.3 Å². The standard InChI is InChI=1S/C13H10N4/c14-7-11-3-6-13(16-8-11)12-4-1-10(2-5-12)9-17-15/h1-6,8-9H,15H2. The van der Waals surface area contributed by atoms with E-state index in [9.17, 15) is 0 Å². The molecule has 0 amide bonds. The van der Waals surface area contributed by atoms with Gasteiger partial charge in [-0.25, -0.2) is 0 Å². The SMILES string of the molecule is N#Cc1ccc(-c2ccc(C=NN)cc2)nc1. The minimum atomic E-state index is 0.556. The number of hydrogen-bond donors (Lipinski definition) is 1. The van der Waals surface area contributed by atoms with Crippen molar-refractivity contribution in [2.75, 3.05) is 0 Å². The second-order valence-electron chi connectivity index (χ2n) is 3.44. The van der Waals surface area contributed by atoms with Crippen LogP contribution in [0.1, 0.15) is 11.1 Å². The molecule has 4 heteroatoms. The van der Waals surface area contributed by atoms with E-state index in [1.165, 1.54) is 0 Å². The van der Waals surface area contributed by atoms with Crippen LogP contribution < -0.4 is 5.84 Å². The lowest BCUT2D eigenvalue weighted by atomic mass is 10.1. The van der Waals surface area contributed by atoms with Gasteiger partial charge in [-0.15, -0.1) is 0 Å². The van der Waals surface area contributed by atoms with Crippen LogP contribution in [-0.4, -0.2) is 11.2 Å². The highest BCUT2D eigenvalue weighted by Crippen LogP contribution is 2.17. The third-order valence-corrected chi connectivity index (χ3v) is 2.32. The molecule has 0 atom stereocenters. The Hall–Kier alpha value is -2.67. The van der Waals surface area contributed by atoms with E-state index >= 15 is 0 Å². The fourth-order valence-corrected chi connectivity index (χ4v) is 1.46. The Kier molecular flexibility index (Phi) is 3.13. The Labute approximate surface area is 99.0 Å². The van der Waals surface area contributed by atoms with Gasteiger partial charge >= 0.3 is 0 Å². The Morgan fingerprint density at radius 3 is 2.47 bits per heavy atom. The fourth-order valence-electron chi connectivity index (χ4n) is 1.46. The van der Waals surface area contributed by atoms with E-state index in [0.29, 0.717) is 5.56 Å². The summed E-state index contributed by atoms with van der Waals surface area (Å²) >= 11 is 0. The molecule has 2 aromatic rings. The monoisotopic (exact) mass is 222 g/mol. The summed E-state index contributed by atoms with van der Waals surface area (Å²) in [5, 5.41) is 12.1. The molecule has 1 aromatic carbocycles. The second-order valence-corrected chi connectivity index (χ2v) is 3.44. The number of pyridine rings is 1. The van der Waals surface area contributed by atoms with Crippen molar-refractivity contribution in [3.8, 4) is 17.3 Å². The van der Waals surface area contributed by atoms with Crippen molar-refractivity contribution >= 4 is 6.21 Å². The number of aromatic nitrogens is 1. The molecule has 17 heavy (non-hydrogen) atoms. The molecule has 0 unspecified atom stereocenters. The topological polar surface area (TPSA) is 75.1 Å². The quantitative estimate of drug-likeness (QED) is 0.479. The molecular weight excluding hydrogens is 212 g/mol. The van der Waals surface area contributed by atoms with E-state index < -0.39 is 0 Å². The van der Waals surface area contributed by atoms with Crippen LogP contribution in [0.2, 0.25) is 0 Å². The molecule has 0 aliphatic heterocycles. The number of nitriles is 1. The Balaban J connectivity index is 2.30. The second kappa shape index (κ2) is 4.90. The average molecular weight is 222 g/mol. The molecule has 1 heterocycles. The highest BCUT2D eigenvalue weighted by molar-refractivity contribution is 5.80. The van der Waals surface area contributed by atoms with Gasteiger partial charge in [0.1, 0.15) is 6.07 Å². The lowest BCUT2D eigenvalue weighted by Gasteiger charge is -2.00. The first kappa shape index (κ1) is 10.8. The van der Waals surface area contributed by atoms with Crippen molar-refractivity contribution in [1.82, 2.24) is 4.98 Å². The normalized spacial score (nSPS) is 10.3. The molecule has 2 rings (SSSR count). The third-order valence-electron chi connectivity index (χ3n) is 2.32.